The van der Waals surface area contributed by atoms with Crippen molar-refractivity contribution in [1.29, 1.82) is 0 Å². The zero-order valence-electron chi connectivity index (χ0n) is 17.3. The number of hydrogen-bond acceptors (Lipinski definition) is 4. The Balaban J connectivity index is 1.63. The molecule has 152 valence electrons. The van der Waals surface area contributed by atoms with E-state index in [1.54, 1.807) is 13.2 Å². The Labute approximate surface area is 171 Å². The molecule has 1 unspecified atom stereocenters. The van der Waals surface area contributed by atoms with Crippen LogP contribution in [0.5, 0.6) is 5.75 Å². The smallest absolute Gasteiger partial charge is 0.167 e. The number of rotatable bonds is 5. The molecule has 29 heavy (non-hydrogen) atoms. The molecule has 0 aromatic heterocycles. The predicted octanol–water partition coefficient (Wildman–Crippen LogP) is 4.00. The van der Waals surface area contributed by atoms with E-state index in [-0.39, 0.29) is 10.4 Å². The molecule has 1 atom stereocenters. The number of quaternary nitrogens is 1. The van der Waals surface area contributed by atoms with E-state index < -0.39 is 0 Å². The van der Waals surface area contributed by atoms with E-state index in [2.05, 4.69) is 16.8 Å². The summed E-state index contributed by atoms with van der Waals surface area (Å²) in [7, 11) is 3.76. The molecule has 5 nitrogen and oxygen atoms in total. The third-order valence-corrected chi connectivity index (χ3v) is 5.70. The van der Waals surface area contributed by atoms with Crippen LogP contribution < -0.4 is 14.2 Å². The molecule has 0 aliphatic carbocycles. The number of hydrogen-bond donors (Lipinski definition) is 0. The van der Waals surface area contributed by atoms with Crippen molar-refractivity contribution in [3.05, 3.63) is 66.1 Å². The first-order valence-corrected chi connectivity index (χ1v) is 9.99. The molecule has 2 aliphatic rings. The van der Waals surface area contributed by atoms with Crippen molar-refractivity contribution in [3.8, 4) is 5.75 Å². The molecular weight excluding hydrogens is 367 g/mol. The standard InChI is InChI=1S/C23H28FN4O/c1-18-10-15-28(25-18,17-19-4-7-21(29-3)8-5-19)20-6-9-23(22(24)16-20)27-13-11-26(2)12-14-27/h4-10,15-16H,11-14,17H2,1-3H3/q+1. The lowest BCUT2D eigenvalue weighted by molar-refractivity contribution is 0.311. The highest BCUT2D eigenvalue weighted by Gasteiger charge is 2.34. The maximum Gasteiger partial charge on any atom is 0.167 e. The Morgan fingerprint density at radius 3 is 2.38 bits per heavy atom. The summed E-state index contributed by atoms with van der Waals surface area (Å²) in [4.78, 5) is 4.39. The van der Waals surface area contributed by atoms with Gasteiger partial charge in [0.15, 0.2) is 11.5 Å². The summed E-state index contributed by atoms with van der Waals surface area (Å²) in [6.45, 7) is 6.17. The molecule has 0 N–H and O–H groups in total. The molecule has 1 fully saturated rings. The average Bonchev–Trinajstić information content (AvgIpc) is 3.11. The van der Waals surface area contributed by atoms with Crippen LogP contribution >= 0.6 is 0 Å². The fourth-order valence-electron chi connectivity index (χ4n) is 3.95. The predicted molar refractivity (Wildman–Crippen MR) is 117 cm³/mol. The number of nitrogens with zero attached hydrogens (tertiary/aromatic N) is 4. The second-order valence-corrected chi connectivity index (χ2v) is 7.82. The van der Waals surface area contributed by atoms with Gasteiger partial charge in [-0.3, -0.25) is 0 Å². The van der Waals surface area contributed by atoms with Crippen molar-refractivity contribution in [3.63, 3.8) is 0 Å². The van der Waals surface area contributed by atoms with Gasteiger partial charge in [-0.25, -0.2) is 4.39 Å². The van der Waals surface area contributed by atoms with Gasteiger partial charge in [-0.15, -0.1) is 4.59 Å². The van der Waals surface area contributed by atoms with Crippen molar-refractivity contribution in [2.75, 3.05) is 45.2 Å². The fraction of sp³-hybridized carbons (Fsp3) is 0.348. The lowest BCUT2D eigenvalue weighted by Crippen LogP contribution is -2.44. The van der Waals surface area contributed by atoms with Crippen molar-refractivity contribution in [1.82, 2.24) is 9.49 Å². The number of piperazine rings is 1. The van der Waals surface area contributed by atoms with Crippen LogP contribution in [0.25, 0.3) is 0 Å². The van der Waals surface area contributed by atoms with Crippen LogP contribution in [0.3, 0.4) is 0 Å². The molecule has 4 rings (SSSR count). The molecule has 0 spiro atoms. The Hall–Kier alpha value is -2.70. The molecule has 0 radical (unpaired) electrons. The van der Waals surface area contributed by atoms with Gasteiger partial charge < -0.3 is 14.5 Å². The second kappa shape index (κ2) is 7.97. The Morgan fingerprint density at radius 2 is 1.79 bits per heavy atom. The zero-order valence-corrected chi connectivity index (χ0v) is 17.3. The SMILES string of the molecule is COc1ccc(C[N+]2(c3ccc(N4CCN(C)CC4)c(F)c3)C=CC(C)=N2)cc1. The Bertz CT molecular complexity index is 932. The van der Waals surface area contributed by atoms with E-state index in [1.165, 1.54) is 0 Å². The zero-order chi connectivity index (χ0) is 20.4. The third kappa shape index (κ3) is 4.04. The van der Waals surface area contributed by atoms with Gasteiger partial charge in [0, 0.05) is 50.0 Å². The highest BCUT2D eigenvalue weighted by atomic mass is 19.1. The molecule has 6 heteroatoms. The first kappa shape index (κ1) is 19.6. The van der Waals surface area contributed by atoms with E-state index in [4.69, 9.17) is 9.84 Å². The van der Waals surface area contributed by atoms with Crippen LogP contribution in [0.1, 0.15) is 12.5 Å². The lowest BCUT2D eigenvalue weighted by atomic mass is 10.1. The molecule has 0 bridgehead atoms. The molecular formula is C23H28FN4O+. The lowest BCUT2D eigenvalue weighted by Gasteiger charge is -2.34. The van der Waals surface area contributed by atoms with Gasteiger partial charge in [0.1, 0.15) is 18.5 Å². The number of anilines is 1. The van der Waals surface area contributed by atoms with Crippen LogP contribution in [-0.4, -0.2) is 50.9 Å². The summed E-state index contributed by atoms with van der Waals surface area (Å²) in [5, 5.41) is 4.85. The first-order chi connectivity index (χ1) is 14.0. The highest BCUT2D eigenvalue weighted by Crippen LogP contribution is 2.35. The minimum Gasteiger partial charge on any atom is -0.497 e. The van der Waals surface area contributed by atoms with Gasteiger partial charge >= 0.3 is 0 Å². The van der Waals surface area contributed by atoms with E-state index in [0.717, 1.165) is 48.9 Å². The highest BCUT2D eigenvalue weighted by molar-refractivity contribution is 5.95. The van der Waals surface area contributed by atoms with Gasteiger partial charge in [-0.05, 0) is 44.3 Å². The third-order valence-electron chi connectivity index (χ3n) is 5.70. The van der Waals surface area contributed by atoms with Gasteiger partial charge in [0.2, 0.25) is 0 Å². The average molecular weight is 396 g/mol. The first-order valence-electron chi connectivity index (χ1n) is 9.99. The number of halogens is 1. The molecule has 2 aliphatic heterocycles. The molecule has 2 heterocycles. The number of likely N-dealkylation sites (N-methyl/N-ethyl adjacent to an activating group) is 1. The topological polar surface area (TPSA) is 28.1 Å². The summed E-state index contributed by atoms with van der Waals surface area (Å²) in [5.74, 6) is 0.631. The molecule has 1 saturated heterocycles. The van der Waals surface area contributed by atoms with Gasteiger partial charge in [0.25, 0.3) is 0 Å². The molecule has 2 aromatic rings. The van der Waals surface area contributed by atoms with Crippen molar-refractivity contribution >= 4 is 17.1 Å². The number of ether oxygens (including phenoxy) is 1. The minimum absolute atomic E-state index is 0.188. The maximum atomic E-state index is 15.1. The second-order valence-electron chi connectivity index (χ2n) is 7.82. The quantitative estimate of drug-likeness (QED) is 0.717. The Morgan fingerprint density at radius 1 is 1.07 bits per heavy atom. The van der Waals surface area contributed by atoms with Crippen molar-refractivity contribution in [2.45, 2.75) is 13.5 Å². The van der Waals surface area contributed by atoms with Crippen LogP contribution in [-0.2, 0) is 6.54 Å². The van der Waals surface area contributed by atoms with E-state index in [9.17, 15) is 0 Å². The fourth-order valence-corrected chi connectivity index (χ4v) is 3.95. The van der Waals surface area contributed by atoms with Crippen LogP contribution in [0, 0.1) is 5.82 Å². The van der Waals surface area contributed by atoms with Crippen molar-refractivity contribution < 1.29 is 9.13 Å². The summed E-state index contributed by atoms with van der Waals surface area (Å²) in [6, 6.07) is 13.5. The molecule has 0 saturated carbocycles. The summed E-state index contributed by atoms with van der Waals surface area (Å²) >= 11 is 0. The summed E-state index contributed by atoms with van der Waals surface area (Å²) in [6.07, 6.45) is 4.03. The van der Waals surface area contributed by atoms with Crippen LogP contribution in [0.4, 0.5) is 15.8 Å². The summed E-state index contributed by atoms with van der Waals surface area (Å²) < 4.78 is 20.6. The summed E-state index contributed by atoms with van der Waals surface area (Å²) in [5.41, 5.74) is 3.54. The number of benzene rings is 2. The van der Waals surface area contributed by atoms with Crippen LogP contribution in [0.2, 0.25) is 0 Å². The minimum atomic E-state index is -0.188. The molecule has 2 aromatic carbocycles. The van der Waals surface area contributed by atoms with Gasteiger partial charge in [-0.1, -0.05) is 5.10 Å². The van der Waals surface area contributed by atoms with Gasteiger partial charge in [0.05, 0.1) is 18.5 Å². The van der Waals surface area contributed by atoms with E-state index in [1.807, 2.05) is 55.6 Å². The van der Waals surface area contributed by atoms with Crippen LogP contribution in [0.15, 0.2) is 59.8 Å². The van der Waals surface area contributed by atoms with Crippen molar-refractivity contribution in [2.24, 2.45) is 5.10 Å². The maximum absolute atomic E-state index is 15.1. The largest absolute Gasteiger partial charge is 0.497 e. The number of allylic oxidation sites excluding steroid dienone is 1. The van der Waals surface area contributed by atoms with E-state index in [0.29, 0.717) is 12.2 Å². The van der Waals surface area contributed by atoms with Gasteiger partial charge in [-0.2, -0.15) is 0 Å². The normalized spacial score (nSPS) is 22.1. The number of methoxy groups -OCH3 is 1. The van der Waals surface area contributed by atoms with E-state index >= 15 is 4.39 Å². The monoisotopic (exact) mass is 395 g/mol. The Kier molecular flexibility index (Phi) is 5.39. The molecule has 0 amide bonds.